The number of nitrogens with zero attached hydrogens (tertiary/aromatic N) is 1. The van der Waals surface area contributed by atoms with Crippen LogP contribution in [0.2, 0.25) is 0 Å². The predicted molar refractivity (Wildman–Crippen MR) is 139 cm³/mol. The summed E-state index contributed by atoms with van der Waals surface area (Å²) in [5.41, 5.74) is 0.284. The third-order valence-electron chi connectivity index (χ3n) is 5.86. The molecule has 1 amide bonds. The van der Waals surface area contributed by atoms with E-state index < -0.39 is 37.5 Å². The lowest BCUT2D eigenvalue weighted by Gasteiger charge is -2.22. The van der Waals surface area contributed by atoms with Crippen molar-refractivity contribution in [3.8, 4) is 17.2 Å². The minimum absolute atomic E-state index is 0.0164. The van der Waals surface area contributed by atoms with Crippen molar-refractivity contribution >= 4 is 32.5 Å². The molecule has 1 aromatic heterocycles. The number of aromatic amines is 1. The zero-order valence-electron chi connectivity index (χ0n) is 20.4. The number of carbonyl (C=O) groups excluding carboxylic acids is 1. The predicted octanol–water partition coefficient (Wildman–Crippen LogP) is 3.78. The molecule has 0 radical (unpaired) electrons. The molecule has 2 heterocycles. The molecule has 202 valence electrons. The first-order valence-electron chi connectivity index (χ1n) is 11.8. The van der Waals surface area contributed by atoms with Gasteiger partial charge in [0.25, 0.3) is 15.9 Å². The number of nitro groups is 1. The molecule has 39 heavy (non-hydrogen) atoms. The van der Waals surface area contributed by atoms with Crippen LogP contribution >= 0.6 is 0 Å². The van der Waals surface area contributed by atoms with Crippen molar-refractivity contribution in [1.82, 2.24) is 9.71 Å². The second-order valence-electron chi connectivity index (χ2n) is 8.52. The monoisotopic (exact) mass is 553 g/mol. The first kappa shape index (κ1) is 26.2. The fourth-order valence-electron chi connectivity index (χ4n) is 3.95. The van der Waals surface area contributed by atoms with Crippen molar-refractivity contribution in [3.05, 3.63) is 88.6 Å². The standard InChI is InChI=1S/C26H23N3O9S/c30-26(21-3-1-2-4-24(21)38-18-5-7-22-17(13-18)9-10-27-22)28-39(33,34)20-6-8-25(23(14-20)29(31)32)37-16-19-15-35-11-12-36-19/h1-10,13-14,19,27H,11-12,15-16H2,(H,28,30). The number of amides is 1. The van der Waals surface area contributed by atoms with E-state index in [9.17, 15) is 23.3 Å². The molecule has 1 atom stereocenters. The number of fused-ring (bicyclic) bond motifs is 1. The second kappa shape index (κ2) is 11.1. The van der Waals surface area contributed by atoms with E-state index in [1.54, 1.807) is 30.5 Å². The van der Waals surface area contributed by atoms with E-state index in [2.05, 4.69) is 4.98 Å². The van der Waals surface area contributed by atoms with E-state index in [1.807, 2.05) is 16.9 Å². The number of rotatable bonds is 9. The summed E-state index contributed by atoms with van der Waals surface area (Å²) < 4.78 is 50.1. The Bertz CT molecular complexity index is 1630. The van der Waals surface area contributed by atoms with Gasteiger partial charge in [0, 0.05) is 23.2 Å². The fraction of sp³-hybridized carbons (Fsp3) is 0.192. The van der Waals surface area contributed by atoms with Gasteiger partial charge in [-0.1, -0.05) is 12.1 Å². The van der Waals surface area contributed by atoms with Crippen molar-refractivity contribution < 1.29 is 37.1 Å². The summed E-state index contributed by atoms with van der Waals surface area (Å²) in [6.45, 7) is 1.09. The summed E-state index contributed by atoms with van der Waals surface area (Å²) >= 11 is 0. The minimum Gasteiger partial charge on any atom is -0.484 e. The van der Waals surface area contributed by atoms with Crippen molar-refractivity contribution in [2.75, 3.05) is 26.4 Å². The lowest BCUT2D eigenvalue weighted by Crippen LogP contribution is -2.33. The Morgan fingerprint density at radius 2 is 1.92 bits per heavy atom. The Kier molecular flexibility index (Phi) is 7.45. The lowest BCUT2D eigenvalue weighted by molar-refractivity contribution is -0.386. The van der Waals surface area contributed by atoms with Gasteiger partial charge in [0.15, 0.2) is 5.75 Å². The summed E-state index contributed by atoms with van der Waals surface area (Å²) in [6.07, 6.45) is 1.37. The Labute approximate surface area is 222 Å². The number of ether oxygens (including phenoxy) is 4. The average molecular weight is 554 g/mol. The Morgan fingerprint density at radius 1 is 1.08 bits per heavy atom. The molecule has 5 rings (SSSR count). The van der Waals surface area contributed by atoms with Crippen LogP contribution in [0, 0.1) is 10.1 Å². The van der Waals surface area contributed by atoms with E-state index in [-0.39, 0.29) is 30.3 Å². The van der Waals surface area contributed by atoms with Gasteiger partial charge in [-0.3, -0.25) is 14.9 Å². The van der Waals surface area contributed by atoms with E-state index in [1.165, 1.54) is 12.1 Å². The average Bonchev–Trinajstić information content (AvgIpc) is 3.40. The van der Waals surface area contributed by atoms with Crippen molar-refractivity contribution in [1.29, 1.82) is 0 Å². The van der Waals surface area contributed by atoms with Crippen LogP contribution in [-0.4, -0.2) is 56.8 Å². The number of nitro benzene ring substituents is 1. The minimum atomic E-state index is -4.49. The fourth-order valence-corrected chi connectivity index (χ4v) is 4.93. The van der Waals surface area contributed by atoms with Gasteiger partial charge in [0.2, 0.25) is 0 Å². The highest BCUT2D eigenvalue weighted by Gasteiger charge is 2.26. The van der Waals surface area contributed by atoms with E-state index >= 15 is 0 Å². The maximum Gasteiger partial charge on any atom is 0.312 e. The largest absolute Gasteiger partial charge is 0.484 e. The number of hydrogen-bond acceptors (Lipinski definition) is 9. The number of carbonyl (C=O) groups is 1. The lowest BCUT2D eigenvalue weighted by atomic mass is 10.2. The van der Waals surface area contributed by atoms with Gasteiger partial charge in [-0.25, -0.2) is 13.1 Å². The van der Waals surface area contributed by atoms with Crippen LogP contribution in [0.5, 0.6) is 17.2 Å². The molecule has 1 saturated heterocycles. The molecule has 1 unspecified atom stereocenters. The summed E-state index contributed by atoms with van der Waals surface area (Å²) in [5, 5.41) is 12.5. The summed E-state index contributed by atoms with van der Waals surface area (Å²) in [6, 6.07) is 16.4. The number of H-pyrrole nitrogens is 1. The van der Waals surface area contributed by atoms with Crippen LogP contribution in [0.3, 0.4) is 0 Å². The highest BCUT2D eigenvalue weighted by Crippen LogP contribution is 2.31. The maximum absolute atomic E-state index is 13.0. The van der Waals surface area contributed by atoms with E-state index in [0.29, 0.717) is 19.0 Å². The molecule has 1 aliphatic rings. The third-order valence-corrected chi connectivity index (χ3v) is 7.19. The highest BCUT2D eigenvalue weighted by atomic mass is 32.2. The summed E-state index contributed by atoms with van der Waals surface area (Å²) in [7, 11) is -4.49. The van der Waals surface area contributed by atoms with Gasteiger partial charge in [-0.05, 0) is 48.5 Å². The first-order chi connectivity index (χ1) is 18.8. The molecular formula is C26H23N3O9S. The van der Waals surface area contributed by atoms with Gasteiger partial charge in [0.1, 0.15) is 24.2 Å². The van der Waals surface area contributed by atoms with Crippen LogP contribution in [-0.2, 0) is 19.5 Å². The molecular weight excluding hydrogens is 530 g/mol. The molecule has 0 spiro atoms. The van der Waals surface area contributed by atoms with Crippen LogP contribution < -0.4 is 14.2 Å². The van der Waals surface area contributed by atoms with Gasteiger partial charge in [-0.2, -0.15) is 0 Å². The molecule has 0 aliphatic carbocycles. The first-order valence-corrected chi connectivity index (χ1v) is 13.3. The molecule has 1 fully saturated rings. The van der Waals surface area contributed by atoms with Crippen LogP contribution in [0.4, 0.5) is 5.69 Å². The molecule has 0 saturated carbocycles. The SMILES string of the molecule is O=C(NS(=O)(=O)c1ccc(OCC2COCCO2)c([N+](=O)[O-])c1)c1ccccc1Oc1ccc2[nH]ccc2c1. The number of benzene rings is 3. The van der Waals surface area contributed by atoms with Crippen molar-refractivity contribution in [3.63, 3.8) is 0 Å². The molecule has 1 aliphatic heterocycles. The highest BCUT2D eigenvalue weighted by molar-refractivity contribution is 7.90. The number of sulfonamides is 1. The topological polar surface area (TPSA) is 159 Å². The van der Waals surface area contributed by atoms with E-state index in [0.717, 1.165) is 29.1 Å². The molecule has 3 aromatic carbocycles. The normalized spacial score (nSPS) is 15.5. The van der Waals surface area contributed by atoms with Crippen LogP contribution in [0.15, 0.2) is 77.8 Å². The van der Waals surface area contributed by atoms with Gasteiger partial charge in [-0.15, -0.1) is 0 Å². The maximum atomic E-state index is 13.0. The van der Waals surface area contributed by atoms with Gasteiger partial charge < -0.3 is 23.9 Å². The number of nitrogens with one attached hydrogen (secondary N) is 2. The number of para-hydroxylation sites is 1. The van der Waals surface area contributed by atoms with Crippen molar-refractivity contribution in [2.24, 2.45) is 0 Å². The molecule has 12 nitrogen and oxygen atoms in total. The van der Waals surface area contributed by atoms with Gasteiger partial charge in [0.05, 0.1) is 35.2 Å². The van der Waals surface area contributed by atoms with E-state index in [4.69, 9.17) is 18.9 Å². The third kappa shape index (κ3) is 6.00. The summed E-state index contributed by atoms with van der Waals surface area (Å²) in [4.78, 5) is 26.5. The quantitative estimate of drug-likeness (QED) is 0.232. The molecule has 4 aromatic rings. The van der Waals surface area contributed by atoms with Gasteiger partial charge >= 0.3 is 5.69 Å². The number of hydrogen-bond donors (Lipinski definition) is 2. The van der Waals surface area contributed by atoms with Crippen molar-refractivity contribution in [2.45, 2.75) is 11.0 Å². The summed E-state index contributed by atoms with van der Waals surface area (Å²) in [5.74, 6) is -0.534. The van der Waals surface area contributed by atoms with Crippen LogP contribution in [0.25, 0.3) is 10.9 Å². The second-order valence-corrected chi connectivity index (χ2v) is 10.2. The zero-order valence-corrected chi connectivity index (χ0v) is 21.2. The smallest absolute Gasteiger partial charge is 0.312 e. The molecule has 0 bridgehead atoms. The molecule has 2 N–H and O–H groups in total. The Hall–Kier alpha value is -4.46. The Balaban J connectivity index is 1.33. The zero-order chi connectivity index (χ0) is 27.4. The number of aromatic nitrogens is 1. The Morgan fingerprint density at radius 3 is 2.72 bits per heavy atom. The molecule has 13 heteroatoms. The van der Waals surface area contributed by atoms with Crippen LogP contribution in [0.1, 0.15) is 10.4 Å².